The minimum absolute atomic E-state index is 0.0682. The van der Waals surface area contributed by atoms with Gasteiger partial charge in [-0.15, -0.1) is 0 Å². The van der Waals surface area contributed by atoms with Crippen molar-refractivity contribution in [3.63, 3.8) is 0 Å². The predicted octanol–water partition coefficient (Wildman–Crippen LogP) is 5.05. The molecular weight excluding hydrogens is 364 g/mol. The van der Waals surface area contributed by atoms with Gasteiger partial charge in [0.25, 0.3) is 5.91 Å². The van der Waals surface area contributed by atoms with Gasteiger partial charge in [-0.05, 0) is 31.2 Å². The molecule has 2 aromatic carbocycles. The number of aliphatic imine (C=N–C) groups is 1. The summed E-state index contributed by atoms with van der Waals surface area (Å²) in [5.41, 5.74) is 3.03. The number of halogens is 1. The van der Waals surface area contributed by atoms with Gasteiger partial charge in [-0.25, -0.2) is 4.99 Å². The van der Waals surface area contributed by atoms with E-state index in [0.29, 0.717) is 12.3 Å². The number of carbonyl (C=O) groups excluding carboxylic acids is 1. The van der Waals surface area contributed by atoms with E-state index in [2.05, 4.69) is 20.9 Å². The Morgan fingerprint density at radius 3 is 2.75 bits per heavy atom. The maximum Gasteiger partial charge on any atom is 0.277 e. The van der Waals surface area contributed by atoms with Gasteiger partial charge in [0.1, 0.15) is 5.71 Å². The largest absolute Gasteiger partial charge is 0.302 e. The van der Waals surface area contributed by atoms with Crippen LogP contribution in [-0.2, 0) is 4.79 Å². The van der Waals surface area contributed by atoms with Crippen LogP contribution in [0.4, 0.5) is 11.4 Å². The molecule has 1 heterocycles. The molecule has 0 aliphatic carbocycles. The fourth-order valence-electron chi connectivity index (χ4n) is 2.58. The molecule has 4 heteroatoms. The van der Waals surface area contributed by atoms with Gasteiger partial charge in [-0.1, -0.05) is 64.5 Å². The zero-order valence-corrected chi connectivity index (χ0v) is 14.9. The molecule has 24 heavy (non-hydrogen) atoms. The smallest absolute Gasteiger partial charge is 0.277 e. The molecular formula is C20H17BrN2O. The quantitative estimate of drug-likeness (QED) is 0.683. The third-order valence-electron chi connectivity index (χ3n) is 3.67. The fraction of sp³-hybridized carbons (Fsp3) is 0.100. The number of anilines is 1. The van der Waals surface area contributed by atoms with E-state index >= 15 is 0 Å². The van der Waals surface area contributed by atoms with Crippen LogP contribution < -0.4 is 4.90 Å². The molecule has 1 aliphatic rings. The molecule has 2 aromatic rings. The van der Waals surface area contributed by atoms with E-state index in [-0.39, 0.29) is 5.91 Å². The van der Waals surface area contributed by atoms with Crippen molar-refractivity contribution in [3.8, 4) is 0 Å². The van der Waals surface area contributed by atoms with E-state index in [1.165, 1.54) is 0 Å². The van der Waals surface area contributed by atoms with Gasteiger partial charge in [0, 0.05) is 16.6 Å². The Morgan fingerprint density at radius 2 is 1.96 bits per heavy atom. The second-order valence-electron chi connectivity index (χ2n) is 5.33. The summed E-state index contributed by atoms with van der Waals surface area (Å²) in [6.45, 7) is 2.49. The number of benzene rings is 2. The normalized spacial score (nSPS) is 15.8. The molecule has 0 saturated heterocycles. The Bertz CT molecular complexity index is 852. The van der Waals surface area contributed by atoms with E-state index in [0.717, 1.165) is 21.4 Å². The second kappa shape index (κ2) is 7.41. The highest BCUT2D eigenvalue weighted by Gasteiger charge is 2.32. The van der Waals surface area contributed by atoms with Gasteiger partial charge in [0.15, 0.2) is 0 Å². The monoisotopic (exact) mass is 380 g/mol. The lowest BCUT2D eigenvalue weighted by atomic mass is 10.1. The number of hydrogen-bond acceptors (Lipinski definition) is 2. The summed E-state index contributed by atoms with van der Waals surface area (Å²) in [5, 5.41) is 0. The molecule has 1 amide bonds. The van der Waals surface area contributed by atoms with Crippen LogP contribution >= 0.6 is 15.9 Å². The number of carbonyl (C=O) groups is 1. The minimum atomic E-state index is -0.0682. The highest BCUT2D eigenvalue weighted by atomic mass is 79.9. The summed E-state index contributed by atoms with van der Waals surface area (Å²) < 4.78 is 0.939. The van der Waals surface area contributed by atoms with Crippen molar-refractivity contribution in [1.29, 1.82) is 0 Å². The van der Waals surface area contributed by atoms with Crippen LogP contribution in [0.1, 0.15) is 12.5 Å². The molecule has 0 N–H and O–H groups in total. The number of para-hydroxylation sites is 1. The highest BCUT2D eigenvalue weighted by molar-refractivity contribution is 9.10. The first-order valence-electron chi connectivity index (χ1n) is 7.74. The van der Waals surface area contributed by atoms with Crippen molar-refractivity contribution in [1.82, 2.24) is 0 Å². The van der Waals surface area contributed by atoms with Crippen LogP contribution in [0.3, 0.4) is 0 Å². The van der Waals surface area contributed by atoms with Crippen LogP contribution in [0.2, 0.25) is 0 Å². The first-order chi connectivity index (χ1) is 11.7. The SMILES string of the molecule is C/C=C\C=C/CN1C(=O)C(=Nc2cccc(Br)c2)c2ccccc21. The van der Waals surface area contributed by atoms with Crippen molar-refractivity contribution < 1.29 is 4.79 Å². The Labute approximate surface area is 150 Å². The van der Waals surface area contributed by atoms with Crippen LogP contribution in [0.25, 0.3) is 0 Å². The number of nitrogens with zero attached hydrogens (tertiary/aromatic N) is 2. The number of rotatable bonds is 4. The Balaban J connectivity index is 1.98. The first-order valence-corrected chi connectivity index (χ1v) is 8.53. The van der Waals surface area contributed by atoms with E-state index in [4.69, 9.17) is 0 Å². The lowest BCUT2D eigenvalue weighted by Crippen LogP contribution is -2.30. The lowest BCUT2D eigenvalue weighted by Gasteiger charge is -2.13. The van der Waals surface area contributed by atoms with Crippen LogP contribution in [0.15, 0.2) is 82.3 Å². The minimum Gasteiger partial charge on any atom is -0.302 e. The maximum absolute atomic E-state index is 12.8. The zero-order valence-electron chi connectivity index (χ0n) is 13.3. The van der Waals surface area contributed by atoms with Crippen molar-refractivity contribution >= 4 is 38.9 Å². The van der Waals surface area contributed by atoms with Crippen molar-refractivity contribution in [2.75, 3.05) is 11.4 Å². The van der Waals surface area contributed by atoms with E-state index < -0.39 is 0 Å². The summed E-state index contributed by atoms with van der Waals surface area (Å²) in [6.07, 6.45) is 7.81. The second-order valence-corrected chi connectivity index (χ2v) is 6.24. The molecule has 0 unspecified atom stereocenters. The number of amides is 1. The molecule has 3 rings (SSSR count). The molecule has 0 atom stereocenters. The van der Waals surface area contributed by atoms with Gasteiger partial charge in [0.2, 0.25) is 0 Å². The maximum atomic E-state index is 12.8. The summed E-state index contributed by atoms with van der Waals surface area (Å²) in [5.74, 6) is -0.0682. The standard InChI is InChI=1S/C20H17BrN2O/c1-2-3-4-7-13-23-18-12-6-5-11-17(18)19(20(23)24)22-16-10-8-9-15(21)14-16/h2-12,14H,13H2,1H3/b3-2-,7-4-,22-19?. The van der Waals surface area contributed by atoms with Crippen LogP contribution in [0.5, 0.6) is 0 Å². The zero-order chi connectivity index (χ0) is 16.9. The Hall–Kier alpha value is -2.46. The number of hydrogen-bond donors (Lipinski definition) is 0. The van der Waals surface area contributed by atoms with Gasteiger partial charge < -0.3 is 4.90 Å². The van der Waals surface area contributed by atoms with Gasteiger partial charge in [-0.3, -0.25) is 4.79 Å². The molecule has 0 spiro atoms. The third-order valence-corrected chi connectivity index (χ3v) is 4.17. The average Bonchev–Trinajstić information content (AvgIpc) is 2.84. The van der Waals surface area contributed by atoms with Crippen LogP contribution in [0, 0.1) is 0 Å². The van der Waals surface area contributed by atoms with Crippen molar-refractivity contribution in [2.45, 2.75) is 6.92 Å². The molecule has 1 aliphatic heterocycles. The molecule has 0 aromatic heterocycles. The van der Waals surface area contributed by atoms with Gasteiger partial charge in [-0.2, -0.15) is 0 Å². The highest BCUT2D eigenvalue weighted by Crippen LogP contribution is 2.31. The molecule has 0 radical (unpaired) electrons. The summed E-state index contributed by atoms with van der Waals surface area (Å²) in [7, 11) is 0. The van der Waals surface area contributed by atoms with Gasteiger partial charge in [0.05, 0.1) is 11.4 Å². The van der Waals surface area contributed by atoms with E-state index in [9.17, 15) is 4.79 Å². The molecule has 0 saturated carbocycles. The lowest BCUT2D eigenvalue weighted by molar-refractivity contribution is -0.112. The Morgan fingerprint density at radius 1 is 1.12 bits per heavy atom. The predicted molar refractivity (Wildman–Crippen MR) is 103 cm³/mol. The van der Waals surface area contributed by atoms with Gasteiger partial charge >= 0.3 is 0 Å². The third kappa shape index (κ3) is 3.39. The molecule has 0 bridgehead atoms. The van der Waals surface area contributed by atoms with Crippen molar-refractivity contribution in [3.05, 3.63) is 82.9 Å². The summed E-state index contributed by atoms with van der Waals surface area (Å²) in [6, 6.07) is 15.4. The first kappa shape index (κ1) is 16.4. The van der Waals surface area contributed by atoms with E-state index in [1.807, 2.05) is 79.8 Å². The molecule has 3 nitrogen and oxygen atoms in total. The fourth-order valence-corrected chi connectivity index (χ4v) is 2.97. The molecule has 0 fully saturated rings. The topological polar surface area (TPSA) is 32.7 Å². The number of allylic oxidation sites excluding steroid dienone is 3. The number of fused-ring (bicyclic) bond motifs is 1. The Kier molecular flexibility index (Phi) is 5.06. The van der Waals surface area contributed by atoms with Crippen LogP contribution in [-0.4, -0.2) is 18.2 Å². The summed E-state index contributed by atoms with van der Waals surface area (Å²) in [4.78, 5) is 19.2. The van der Waals surface area contributed by atoms with Crippen molar-refractivity contribution in [2.24, 2.45) is 4.99 Å². The van der Waals surface area contributed by atoms with E-state index in [1.54, 1.807) is 4.90 Å². The molecule has 120 valence electrons. The average molecular weight is 381 g/mol. The summed E-state index contributed by atoms with van der Waals surface area (Å²) >= 11 is 3.44.